The topological polar surface area (TPSA) is 42.2 Å². The number of hydrogen-bond acceptors (Lipinski definition) is 2. The second-order valence-electron chi connectivity index (χ2n) is 3.80. The third kappa shape index (κ3) is 3.96. The second-order valence-corrected chi connectivity index (χ2v) is 4.21. The molecule has 0 unspecified atom stereocenters. The van der Waals surface area contributed by atoms with Gasteiger partial charge in [-0.15, -0.1) is 0 Å². The largest absolute Gasteiger partial charge is 0.467 e. The predicted molar refractivity (Wildman–Crippen MR) is 71.0 cm³/mol. The monoisotopic (exact) mass is 279 g/mol. The molecule has 0 saturated heterocycles. The molecule has 1 aromatic heterocycles. The van der Waals surface area contributed by atoms with Crippen molar-refractivity contribution in [1.82, 2.24) is 5.32 Å². The molecule has 0 aliphatic carbocycles. The van der Waals surface area contributed by atoms with E-state index in [0.717, 1.165) is 0 Å². The van der Waals surface area contributed by atoms with Gasteiger partial charge >= 0.3 is 0 Å². The molecule has 1 amide bonds. The number of carbonyl (C=O) groups is 1. The van der Waals surface area contributed by atoms with Gasteiger partial charge in [0.1, 0.15) is 11.6 Å². The highest BCUT2D eigenvalue weighted by molar-refractivity contribution is 6.30. The molecule has 5 heteroatoms. The van der Waals surface area contributed by atoms with Crippen LogP contribution in [0.25, 0.3) is 6.08 Å². The lowest BCUT2D eigenvalue weighted by Gasteiger charge is -1.99. The Morgan fingerprint density at radius 1 is 1.42 bits per heavy atom. The van der Waals surface area contributed by atoms with Crippen LogP contribution < -0.4 is 5.32 Å². The van der Waals surface area contributed by atoms with Crippen molar-refractivity contribution in [3.63, 3.8) is 0 Å². The lowest BCUT2D eigenvalue weighted by Crippen LogP contribution is -2.19. The van der Waals surface area contributed by atoms with Gasteiger partial charge in [-0.25, -0.2) is 4.39 Å². The first kappa shape index (κ1) is 13.4. The van der Waals surface area contributed by atoms with Gasteiger partial charge in [0, 0.05) is 6.08 Å². The lowest BCUT2D eigenvalue weighted by atomic mass is 10.2. The summed E-state index contributed by atoms with van der Waals surface area (Å²) in [4.78, 5) is 11.5. The minimum Gasteiger partial charge on any atom is -0.467 e. The van der Waals surface area contributed by atoms with Crippen LogP contribution in [0.5, 0.6) is 0 Å². The molecule has 3 nitrogen and oxygen atoms in total. The summed E-state index contributed by atoms with van der Waals surface area (Å²) in [6.07, 6.45) is 4.45. The number of hydrogen-bond donors (Lipinski definition) is 1. The first-order valence-electron chi connectivity index (χ1n) is 5.58. The summed E-state index contributed by atoms with van der Waals surface area (Å²) in [5, 5.41) is 2.68. The quantitative estimate of drug-likeness (QED) is 0.872. The number of benzene rings is 1. The molecule has 98 valence electrons. The molecule has 0 aliphatic rings. The standard InChI is InChI=1S/C14H11ClFNO2/c15-12-8-10(3-5-13(12)16)4-6-14(18)17-9-11-2-1-7-19-11/h1-8H,9H2,(H,17,18)/b6-4+. The van der Waals surface area contributed by atoms with Crippen LogP contribution in [0, 0.1) is 5.82 Å². The highest BCUT2D eigenvalue weighted by Crippen LogP contribution is 2.16. The molecule has 1 aromatic carbocycles. The SMILES string of the molecule is O=C(/C=C/c1ccc(F)c(Cl)c1)NCc1ccco1. The van der Waals surface area contributed by atoms with Crippen LogP contribution in [0.2, 0.25) is 5.02 Å². The minimum atomic E-state index is -0.485. The number of nitrogens with one attached hydrogen (secondary N) is 1. The van der Waals surface area contributed by atoms with Crippen LogP contribution in [-0.4, -0.2) is 5.91 Å². The molecule has 0 spiro atoms. The number of carbonyl (C=O) groups excluding carboxylic acids is 1. The maximum Gasteiger partial charge on any atom is 0.244 e. The summed E-state index contributed by atoms with van der Waals surface area (Å²) in [7, 11) is 0. The van der Waals surface area contributed by atoms with Crippen molar-refractivity contribution in [2.24, 2.45) is 0 Å². The van der Waals surface area contributed by atoms with Crippen LogP contribution in [0.1, 0.15) is 11.3 Å². The van der Waals surface area contributed by atoms with Crippen LogP contribution in [0.3, 0.4) is 0 Å². The van der Waals surface area contributed by atoms with Crippen molar-refractivity contribution >= 4 is 23.6 Å². The summed E-state index contributed by atoms with van der Waals surface area (Å²) >= 11 is 5.64. The average Bonchev–Trinajstić information content (AvgIpc) is 2.91. The Morgan fingerprint density at radius 3 is 2.95 bits per heavy atom. The van der Waals surface area contributed by atoms with Gasteiger partial charge in [0.15, 0.2) is 0 Å². The molecule has 19 heavy (non-hydrogen) atoms. The Bertz CT molecular complexity index is 593. The Balaban J connectivity index is 1.90. The molecule has 0 radical (unpaired) electrons. The normalized spacial score (nSPS) is 10.8. The number of rotatable bonds is 4. The van der Waals surface area contributed by atoms with Gasteiger partial charge in [-0.1, -0.05) is 17.7 Å². The lowest BCUT2D eigenvalue weighted by molar-refractivity contribution is -0.116. The van der Waals surface area contributed by atoms with E-state index in [4.69, 9.17) is 16.0 Å². The van der Waals surface area contributed by atoms with Gasteiger partial charge in [0.05, 0.1) is 17.8 Å². The van der Waals surface area contributed by atoms with Crippen molar-refractivity contribution in [2.75, 3.05) is 0 Å². The molecule has 0 atom stereocenters. The number of halogens is 2. The predicted octanol–water partition coefficient (Wildman–Crippen LogP) is 3.40. The Kier molecular flexibility index (Phi) is 4.36. The molecule has 0 aliphatic heterocycles. The first-order chi connectivity index (χ1) is 9.15. The zero-order valence-electron chi connectivity index (χ0n) is 9.90. The van der Waals surface area contributed by atoms with E-state index < -0.39 is 5.82 Å². The highest BCUT2D eigenvalue weighted by atomic mass is 35.5. The van der Waals surface area contributed by atoms with Gasteiger partial charge < -0.3 is 9.73 Å². The number of amides is 1. The summed E-state index contributed by atoms with van der Waals surface area (Å²) in [5.41, 5.74) is 0.652. The molecule has 1 N–H and O–H groups in total. The molecule has 0 saturated carbocycles. The molecule has 0 fully saturated rings. The second kappa shape index (κ2) is 6.20. The molecule has 1 heterocycles. The summed E-state index contributed by atoms with van der Waals surface area (Å²) < 4.78 is 18.0. The van der Waals surface area contributed by atoms with Gasteiger partial charge in [0.2, 0.25) is 5.91 Å². The zero-order valence-corrected chi connectivity index (χ0v) is 10.7. The smallest absolute Gasteiger partial charge is 0.244 e. The minimum absolute atomic E-state index is 0.0261. The van der Waals surface area contributed by atoms with Gasteiger partial charge in [-0.3, -0.25) is 4.79 Å². The average molecular weight is 280 g/mol. The molecule has 2 rings (SSSR count). The van der Waals surface area contributed by atoms with Crippen molar-refractivity contribution in [1.29, 1.82) is 0 Å². The first-order valence-corrected chi connectivity index (χ1v) is 5.96. The van der Waals surface area contributed by atoms with Gasteiger partial charge in [-0.2, -0.15) is 0 Å². The third-order valence-corrected chi connectivity index (χ3v) is 2.68. The van der Waals surface area contributed by atoms with Gasteiger partial charge in [-0.05, 0) is 35.9 Å². The van der Waals surface area contributed by atoms with E-state index in [1.165, 1.54) is 30.5 Å². The van der Waals surface area contributed by atoms with Crippen LogP contribution in [-0.2, 0) is 11.3 Å². The number of furan rings is 1. The summed E-state index contributed by atoms with van der Waals surface area (Å²) in [5.74, 6) is -0.0792. The van der Waals surface area contributed by atoms with E-state index >= 15 is 0 Å². The zero-order chi connectivity index (χ0) is 13.7. The summed E-state index contributed by atoms with van der Waals surface area (Å²) in [6, 6.07) is 7.76. The van der Waals surface area contributed by atoms with E-state index in [9.17, 15) is 9.18 Å². The van der Waals surface area contributed by atoms with E-state index in [0.29, 0.717) is 17.9 Å². The molecule has 0 bridgehead atoms. The Morgan fingerprint density at radius 2 is 2.26 bits per heavy atom. The highest BCUT2D eigenvalue weighted by Gasteiger charge is 2.00. The third-order valence-electron chi connectivity index (χ3n) is 2.39. The van der Waals surface area contributed by atoms with Gasteiger partial charge in [0.25, 0.3) is 0 Å². The van der Waals surface area contributed by atoms with Crippen LogP contribution >= 0.6 is 11.6 Å². The van der Waals surface area contributed by atoms with Crippen LogP contribution in [0.15, 0.2) is 47.1 Å². The fourth-order valence-electron chi connectivity index (χ4n) is 1.43. The van der Waals surface area contributed by atoms with Crippen molar-refractivity contribution < 1.29 is 13.6 Å². The van der Waals surface area contributed by atoms with E-state index in [2.05, 4.69) is 5.32 Å². The van der Waals surface area contributed by atoms with E-state index in [1.54, 1.807) is 18.2 Å². The van der Waals surface area contributed by atoms with E-state index in [1.807, 2.05) is 0 Å². The maximum atomic E-state index is 12.9. The van der Waals surface area contributed by atoms with Crippen LogP contribution in [0.4, 0.5) is 4.39 Å². The van der Waals surface area contributed by atoms with E-state index in [-0.39, 0.29) is 10.9 Å². The molecular formula is C14H11ClFNO2. The summed E-state index contributed by atoms with van der Waals surface area (Å²) in [6.45, 7) is 0.320. The fraction of sp³-hybridized carbons (Fsp3) is 0.0714. The van der Waals surface area contributed by atoms with Crippen molar-refractivity contribution in [2.45, 2.75) is 6.54 Å². The maximum absolute atomic E-state index is 12.9. The van der Waals surface area contributed by atoms with Crippen molar-refractivity contribution in [3.8, 4) is 0 Å². The Hall–Kier alpha value is -2.07. The molecule has 2 aromatic rings. The Labute approximate surface area is 114 Å². The van der Waals surface area contributed by atoms with Crippen molar-refractivity contribution in [3.05, 3.63) is 64.8 Å². The fourth-order valence-corrected chi connectivity index (χ4v) is 1.62. The molecular weight excluding hydrogens is 269 g/mol.